The van der Waals surface area contributed by atoms with Crippen molar-refractivity contribution >= 4 is 9.84 Å². The van der Waals surface area contributed by atoms with Crippen LogP contribution in [0.3, 0.4) is 0 Å². The highest BCUT2D eigenvalue weighted by molar-refractivity contribution is 7.91. The molecule has 0 spiro atoms. The average Bonchev–Trinajstić information content (AvgIpc) is 3.16. The second-order valence-electron chi connectivity index (χ2n) is 8.73. The van der Waals surface area contributed by atoms with E-state index in [1.165, 1.54) is 0 Å². The van der Waals surface area contributed by atoms with Crippen molar-refractivity contribution in [2.45, 2.75) is 69.3 Å². The van der Waals surface area contributed by atoms with Gasteiger partial charge in [-0.2, -0.15) is 0 Å². The Morgan fingerprint density at radius 1 is 1.14 bits per heavy atom. The first-order chi connectivity index (χ1) is 13.5. The van der Waals surface area contributed by atoms with Crippen molar-refractivity contribution in [2.24, 2.45) is 11.8 Å². The molecule has 28 heavy (non-hydrogen) atoms. The van der Waals surface area contributed by atoms with E-state index in [2.05, 4.69) is 9.88 Å². The second-order valence-corrected chi connectivity index (χ2v) is 10.7. The molecule has 4 rings (SSSR count). The first kappa shape index (κ1) is 20.3. The van der Waals surface area contributed by atoms with Crippen LogP contribution in [0.4, 0.5) is 0 Å². The molecule has 158 valence electrons. The largest absolute Gasteiger partial charge is 0.396 e. The van der Waals surface area contributed by atoms with Crippen LogP contribution in [-0.4, -0.2) is 66.1 Å². The van der Waals surface area contributed by atoms with Gasteiger partial charge in [0, 0.05) is 19.8 Å². The highest BCUT2D eigenvalue weighted by atomic mass is 32.2. The molecule has 8 heteroatoms. The predicted octanol–water partition coefficient (Wildman–Crippen LogP) is 1.84. The highest BCUT2D eigenvalue weighted by Gasteiger charge is 2.33. The molecule has 1 N–H and O–H groups in total. The summed E-state index contributed by atoms with van der Waals surface area (Å²) in [5.41, 5.74) is 0.977. The van der Waals surface area contributed by atoms with Crippen molar-refractivity contribution in [1.82, 2.24) is 14.5 Å². The molecule has 0 radical (unpaired) electrons. The van der Waals surface area contributed by atoms with Gasteiger partial charge in [0.1, 0.15) is 0 Å². The fourth-order valence-corrected chi connectivity index (χ4v) is 6.31. The monoisotopic (exact) mass is 411 g/mol. The van der Waals surface area contributed by atoms with E-state index in [9.17, 15) is 8.42 Å². The van der Waals surface area contributed by atoms with E-state index in [1.54, 1.807) is 6.20 Å². The molecule has 3 heterocycles. The SMILES string of the molecule is O=S(=O)(CC1CC1)c1ncc(CN2CCC(CCO)CC2)n1CC1CCCO1. The average molecular weight is 412 g/mol. The summed E-state index contributed by atoms with van der Waals surface area (Å²) >= 11 is 0. The fraction of sp³-hybridized carbons (Fsp3) is 0.850. The first-order valence-electron chi connectivity index (χ1n) is 10.8. The Bertz CT molecular complexity index is 746. The molecule has 1 aromatic rings. The maximum absolute atomic E-state index is 12.9. The van der Waals surface area contributed by atoms with E-state index in [-0.39, 0.29) is 23.6 Å². The topological polar surface area (TPSA) is 84.7 Å². The number of aliphatic hydroxyl groups excluding tert-OH is 1. The summed E-state index contributed by atoms with van der Waals surface area (Å²) in [5, 5.41) is 9.38. The van der Waals surface area contributed by atoms with Gasteiger partial charge in [-0.15, -0.1) is 0 Å². The molecule has 3 fully saturated rings. The van der Waals surface area contributed by atoms with Crippen LogP contribution in [0.2, 0.25) is 0 Å². The minimum absolute atomic E-state index is 0.0816. The van der Waals surface area contributed by atoms with Crippen molar-refractivity contribution in [2.75, 3.05) is 32.1 Å². The number of imidazole rings is 1. The molecule has 3 aliphatic rings. The lowest BCUT2D eigenvalue weighted by molar-refractivity contribution is 0.0924. The quantitative estimate of drug-likeness (QED) is 0.667. The zero-order valence-electron chi connectivity index (χ0n) is 16.6. The smallest absolute Gasteiger partial charge is 0.227 e. The van der Waals surface area contributed by atoms with Crippen molar-refractivity contribution in [3.8, 4) is 0 Å². The number of hydrogen-bond acceptors (Lipinski definition) is 6. The molecule has 7 nitrogen and oxygen atoms in total. The van der Waals surface area contributed by atoms with Crippen LogP contribution in [0.25, 0.3) is 0 Å². The Morgan fingerprint density at radius 2 is 1.93 bits per heavy atom. The summed E-state index contributed by atoms with van der Waals surface area (Å²) in [4.78, 5) is 6.76. The van der Waals surface area contributed by atoms with Crippen LogP contribution < -0.4 is 0 Å². The molecule has 1 atom stereocenters. The number of sulfone groups is 1. The Kier molecular flexibility index (Phi) is 6.40. The summed E-state index contributed by atoms with van der Waals surface area (Å²) in [6, 6.07) is 0. The third-order valence-corrected chi connectivity index (χ3v) is 8.16. The van der Waals surface area contributed by atoms with E-state index in [4.69, 9.17) is 9.84 Å². The zero-order valence-corrected chi connectivity index (χ0v) is 17.4. The normalized spacial score (nSPS) is 24.8. The van der Waals surface area contributed by atoms with Gasteiger partial charge in [-0.05, 0) is 69.9 Å². The Morgan fingerprint density at radius 3 is 2.57 bits per heavy atom. The molecule has 2 saturated heterocycles. The van der Waals surface area contributed by atoms with Crippen molar-refractivity contribution in [1.29, 1.82) is 0 Å². The third kappa shape index (κ3) is 4.96. The summed E-state index contributed by atoms with van der Waals surface area (Å²) in [6.07, 6.45) is 8.95. The number of likely N-dealkylation sites (tertiary alicyclic amines) is 1. The van der Waals surface area contributed by atoms with E-state index < -0.39 is 9.84 Å². The number of aromatic nitrogens is 2. The van der Waals surface area contributed by atoms with Crippen LogP contribution in [0, 0.1) is 11.8 Å². The minimum Gasteiger partial charge on any atom is -0.396 e. The third-order valence-electron chi connectivity index (χ3n) is 6.37. The fourth-order valence-electron chi connectivity index (χ4n) is 4.47. The molecule has 2 aliphatic heterocycles. The number of ether oxygens (including phenoxy) is 1. The molecule has 0 aromatic carbocycles. The van der Waals surface area contributed by atoms with Crippen LogP contribution in [0.1, 0.15) is 50.6 Å². The molecule has 1 saturated carbocycles. The second kappa shape index (κ2) is 8.81. The van der Waals surface area contributed by atoms with Gasteiger partial charge in [-0.25, -0.2) is 13.4 Å². The molecule has 0 amide bonds. The summed E-state index contributed by atoms with van der Waals surface area (Å²) in [6.45, 7) is 4.30. The Hall–Kier alpha value is -0.960. The predicted molar refractivity (Wildman–Crippen MR) is 106 cm³/mol. The zero-order chi connectivity index (χ0) is 19.6. The van der Waals surface area contributed by atoms with Crippen LogP contribution in [-0.2, 0) is 27.7 Å². The van der Waals surface area contributed by atoms with Crippen molar-refractivity contribution < 1.29 is 18.3 Å². The Balaban J connectivity index is 1.49. The van der Waals surface area contributed by atoms with Gasteiger partial charge in [-0.3, -0.25) is 4.90 Å². The number of piperidine rings is 1. The maximum atomic E-state index is 12.9. The summed E-state index contributed by atoms with van der Waals surface area (Å²) in [5.74, 6) is 1.14. The minimum atomic E-state index is -3.36. The number of rotatable bonds is 9. The highest BCUT2D eigenvalue weighted by Crippen LogP contribution is 2.32. The first-order valence-corrected chi connectivity index (χ1v) is 12.4. The lowest BCUT2D eigenvalue weighted by atomic mass is 9.94. The Labute approximate surface area is 168 Å². The van der Waals surface area contributed by atoms with Gasteiger partial charge in [0.05, 0.1) is 30.3 Å². The number of aliphatic hydroxyl groups is 1. The van der Waals surface area contributed by atoms with Gasteiger partial charge in [0.25, 0.3) is 0 Å². The lowest BCUT2D eigenvalue weighted by Crippen LogP contribution is -2.34. The molecular weight excluding hydrogens is 378 g/mol. The molecular formula is C20H33N3O4S. The van der Waals surface area contributed by atoms with Crippen LogP contribution >= 0.6 is 0 Å². The molecule has 1 aromatic heterocycles. The lowest BCUT2D eigenvalue weighted by Gasteiger charge is -2.32. The summed E-state index contributed by atoms with van der Waals surface area (Å²) in [7, 11) is -3.36. The number of hydrogen-bond donors (Lipinski definition) is 1. The molecule has 0 bridgehead atoms. The summed E-state index contributed by atoms with van der Waals surface area (Å²) < 4.78 is 33.6. The molecule has 1 aliphatic carbocycles. The van der Waals surface area contributed by atoms with Gasteiger partial charge in [0.2, 0.25) is 15.0 Å². The van der Waals surface area contributed by atoms with Crippen molar-refractivity contribution in [3.63, 3.8) is 0 Å². The van der Waals surface area contributed by atoms with E-state index in [0.717, 1.165) is 76.9 Å². The van der Waals surface area contributed by atoms with Gasteiger partial charge in [0.15, 0.2) is 0 Å². The van der Waals surface area contributed by atoms with E-state index in [0.29, 0.717) is 18.4 Å². The van der Waals surface area contributed by atoms with Gasteiger partial charge in [-0.1, -0.05) is 0 Å². The van der Waals surface area contributed by atoms with Crippen molar-refractivity contribution in [3.05, 3.63) is 11.9 Å². The van der Waals surface area contributed by atoms with Crippen LogP contribution in [0.15, 0.2) is 11.4 Å². The maximum Gasteiger partial charge on any atom is 0.227 e. The molecule has 1 unspecified atom stereocenters. The van der Waals surface area contributed by atoms with E-state index >= 15 is 0 Å². The van der Waals surface area contributed by atoms with Gasteiger partial charge >= 0.3 is 0 Å². The number of nitrogens with zero attached hydrogens (tertiary/aromatic N) is 3. The standard InChI is InChI=1S/C20H33N3O4S/c24-10-7-16-5-8-22(9-6-16)13-18-12-21-20(28(25,26)15-17-3-4-17)23(18)14-19-2-1-11-27-19/h12,16-17,19,24H,1-11,13-15H2. The van der Waals surface area contributed by atoms with E-state index in [1.807, 2.05) is 4.57 Å². The van der Waals surface area contributed by atoms with Gasteiger partial charge < -0.3 is 14.4 Å². The van der Waals surface area contributed by atoms with Crippen LogP contribution in [0.5, 0.6) is 0 Å².